The molecule has 22 heavy (non-hydrogen) atoms. The van der Waals surface area contributed by atoms with E-state index in [2.05, 4.69) is 0 Å². The highest BCUT2D eigenvalue weighted by Crippen LogP contribution is 2.32. The molecule has 2 aromatic rings. The average molecular weight is 308 g/mol. The van der Waals surface area contributed by atoms with Crippen molar-refractivity contribution in [3.63, 3.8) is 0 Å². The van der Waals surface area contributed by atoms with Crippen molar-refractivity contribution >= 4 is 5.78 Å². The third-order valence-corrected chi connectivity index (χ3v) is 3.33. The average Bonchev–Trinajstić information content (AvgIpc) is 2.52. The lowest BCUT2D eigenvalue weighted by Gasteiger charge is -2.11. The van der Waals surface area contributed by atoms with Gasteiger partial charge in [-0.05, 0) is 30.2 Å². The van der Waals surface area contributed by atoms with Crippen LogP contribution in [0.5, 0.6) is 5.75 Å². The number of Topliss-reactive ketones (excluding diaryl/α,β-unsaturated/α-hetero) is 1. The summed E-state index contributed by atoms with van der Waals surface area (Å²) < 4.78 is 43.7. The maximum absolute atomic E-state index is 12.9. The minimum absolute atomic E-state index is 0.0272. The first-order chi connectivity index (χ1) is 10.4. The van der Waals surface area contributed by atoms with Crippen LogP contribution in [0.1, 0.15) is 27.9 Å². The van der Waals surface area contributed by atoms with Crippen LogP contribution < -0.4 is 4.74 Å². The third kappa shape index (κ3) is 3.87. The van der Waals surface area contributed by atoms with Crippen LogP contribution >= 0.6 is 0 Å². The number of benzene rings is 2. The maximum atomic E-state index is 12.9. The number of ether oxygens (including phenoxy) is 1. The molecule has 0 atom stereocenters. The van der Waals surface area contributed by atoms with Gasteiger partial charge in [-0.25, -0.2) is 0 Å². The van der Waals surface area contributed by atoms with Crippen LogP contribution in [-0.4, -0.2) is 12.9 Å². The summed E-state index contributed by atoms with van der Waals surface area (Å²) in [6.45, 7) is 0. The van der Waals surface area contributed by atoms with Crippen LogP contribution in [0.15, 0.2) is 48.5 Å². The zero-order valence-electron chi connectivity index (χ0n) is 12.0. The lowest BCUT2D eigenvalue weighted by Crippen LogP contribution is -2.13. The van der Waals surface area contributed by atoms with Gasteiger partial charge in [-0.3, -0.25) is 4.79 Å². The van der Waals surface area contributed by atoms with E-state index in [1.165, 1.54) is 18.2 Å². The number of methoxy groups -OCH3 is 1. The van der Waals surface area contributed by atoms with E-state index in [9.17, 15) is 18.0 Å². The molecule has 0 radical (unpaired) electrons. The molecule has 0 aliphatic heterocycles. The molecule has 0 unspecified atom stereocenters. The van der Waals surface area contributed by atoms with E-state index in [1.807, 2.05) is 0 Å². The Morgan fingerprint density at radius 3 is 2.27 bits per heavy atom. The number of carbonyl (C=O) groups excluding carboxylic acids is 1. The van der Waals surface area contributed by atoms with Gasteiger partial charge < -0.3 is 4.74 Å². The Kier molecular flexibility index (Phi) is 4.85. The molecule has 0 fully saturated rings. The summed E-state index contributed by atoms with van der Waals surface area (Å²) in [5.74, 6) is 0.182. The number of aryl methyl sites for hydroxylation is 1. The second-order valence-electron chi connectivity index (χ2n) is 4.81. The third-order valence-electron chi connectivity index (χ3n) is 3.33. The lowest BCUT2D eigenvalue weighted by atomic mass is 9.98. The van der Waals surface area contributed by atoms with Crippen LogP contribution in [0, 0.1) is 0 Å². The summed E-state index contributed by atoms with van der Waals surface area (Å²) in [7, 11) is 1.55. The quantitative estimate of drug-likeness (QED) is 0.759. The highest BCUT2D eigenvalue weighted by Gasteiger charge is 2.34. The zero-order valence-corrected chi connectivity index (χ0v) is 12.0. The fourth-order valence-corrected chi connectivity index (χ4v) is 2.16. The number of alkyl halides is 3. The molecule has 0 aromatic heterocycles. The Hall–Kier alpha value is -2.30. The first kappa shape index (κ1) is 16.1. The molecule has 116 valence electrons. The van der Waals surface area contributed by atoms with Crippen molar-refractivity contribution in [1.82, 2.24) is 0 Å². The Morgan fingerprint density at radius 1 is 1.05 bits per heavy atom. The Labute approximate surface area is 126 Å². The molecule has 0 heterocycles. The fourth-order valence-electron chi connectivity index (χ4n) is 2.16. The first-order valence-corrected chi connectivity index (χ1v) is 6.74. The minimum atomic E-state index is -4.52. The van der Waals surface area contributed by atoms with Gasteiger partial charge in [-0.1, -0.05) is 30.3 Å². The van der Waals surface area contributed by atoms with Crippen molar-refractivity contribution < 1.29 is 22.7 Å². The van der Waals surface area contributed by atoms with Crippen LogP contribution in [0.4, 0.5) is 13.2 Å². The topological polar surface area (TPSA) is 26.3 Å². The predicted octanol–water partition coefficient (Wildman–Crippen LogP) is 4.53. The van der Waals surface area contributed by atoms with Crippen LogP contribution in [0.25, 0.3) is 0 Å². The normalized spacial score (nSPS) is 11.3. The summed E-state index contributed by atoms with van der Waals surface area (Å²) in [6.07, 6.45) is -4.11. The number of carbonyl (C=O) groups is 1. The molecule has 2 nitrogen and oxygen atoms in total. The Balaban J connectivity index is 2.09. The van der Waals surface area contributed by atoms with Gasteiger partial charge in [0, 0.05) is 12.0 Å². The highest BCUT2D eigenvalue weighted by atomic mass is 19.4. The van der Waals surface area contributed by atoms with Crippen molar-refractivity contribution in [3.05, 3.63) is 65.2 Å². The van der Waals surface area contributed by atoms with Gasteiger partial charge in [0.15, 0.2) is 5.78 Å². The Bertz CT molecular complexity index is 646. The van der Waals surface area contributed by atoms with Gasteiger partial charge in [0.1, 0.15) is 5.75 Å². The molecule has 0 N–H and O–H groups in total. The molecule has 0 amide bonds. The number of hydrogen-bond acceptors (Lipinski definition) is 2. The second kappa shape index (κ2) is 6.64. The smallest absolute Gasteiger partial charge is 0.417 e. The molecule has 2 aromatic carbocycles. The first-order valence-electron chi connectivity index (χ1n) is 6.74. The largest absolute Gasteiger partial charge is 0.497 e. The maximum Gasteiger partial charge on any atom is 0.417 e. The number of halogens is 3. The van der Waals surface area contributed by atoms with E-state index in [0.29, 0.717) is 12.2 Å². The van der Waals surface area contributed by atoms with Gasteiger partial charge in [0.05, 0.1) is 12.7 Å². The van der Waals surface area contributed by atoms with Crippen LogP contribution in [0.2, 0.25) is 0 Å². The molecule has 5 heteroatoms. The van der Waals surface area contributed by atoms with E-state index in [0.717, 1.165) is 11.6 Å². The monoisotopic (exact) mass is 308 g/mol. The molecule has 0 saturated heterocycles. The van der Waals surface area contributed by atoms with Crippen molar-refractivity contribution in [2.45, 2.75) is 19.0 Å². The highest BCUT2D eigenvalue weighted by molar-refractivity contribution is 5.97. The van der Waals surface area contributed by atoms with Gasteiger partial charge in [-0.15, -0.1) is 0 Å². The number of rotatable bonds is 5. The van der Waals surface area contributed by atoms with E-state index >= 15 is 0 Å². The molecule has 2 rings (SSSR count). The van der Waals surface area contributed by atoms with Gasteiger partial charge in [-0.2, -0.15) is 13.2 Å². The van der Waals surface area contributed by atoms with Gasteiger partial charge in [0.2, 0.25) is 0 Å². The van der Waals surface area contributed by atoms with Crippen molar-refractivity contribution in [3.8, 4) is 5.75 Å². The number of ketones is 1. The predicted molar refractivity (Wildman–Crippen MR) is 77.1 cm³/mol. The second-order valence-corrected chi connectivity index (χ2v) is 4.81. The van der Waals surface area contributed by atoms with Crippen molar-refractivity contribution in [2.24, 2.45) is 0 Å². The molecule has 0 spiro atoms. The summed E-state index contributed by atoms with van der Waals surface area (Å²) >= 11 is 0. The van der Waals surface area contributed by atoms with Crippen LogP contribution in [0.3, 0.4) is 0 Å². The van der Waals surface area contributed by atoms with Crippen LogP contribution in [-0.2, 0) is 12.6 Å². The molecule has 0 saturated carbocycles. The molecule has 0 aliphatic carbocycles. The summed E-state index contributed by atoms with van der Waals surface area (Å²) in [6, 6.07) is 12.0. The van der Waals surface area contributed by atoms with E-state index in [-0.39, 0.29) is 12.0 Å². The lowest BCUT2D eigenvalue weighted by molar-refractivity contribution is -0.137. The molecular formula is C17H15F3O2. The summed E-state index contributed by atoms with van der Waals surface area (Å²) in [4.78, 5) is 12.1. The molecule has 0 bridgehead atoms. The van der Waals surface area contributed by atoms with Crippen molar-refractivity contribution in [1.29, 1.82) is 0 Å². The van der Waals surface area contributed by atoms with E-state index in [4.69, 9.17) is 4.74 Å². The SMILES string of the molecule is COc1ccc(CCC(=O)c2ccccc2C(F)(F)F)cc1. The van der Waals surface area contributed by atoms with E-state index < -0.39 is 17.5 Å². The summed E-state index contributed by atoms with van der Waals surface area (Å²) in [5, 5.41) is 0. The molecule has 0 aliphatic rings. The number of hydrogen-bond donors (Lipinski definition) is 0. The summed E-state index contributed by atoms with van der Waals surface area (Å²) in [5.41, 5.74) is -0.281. The zero-order chi connectivity index (χ0) is 16.2. The fraction of sp³-hybridized carbons (Fsp3) is 0.235. The van der Waals surface area contributed by atoms with Gasteiger partial charge >= 0.3 is 6.18 Å². The Morgan fingerprint density at radius 2 is 1.68 bits per heavy atom. The molecular weight excluding hydrogens is 293 g/mol. The van der Waals surface area contributed by atoms with E-state index in [1.54, 1.807) is 31.4 Å². The standard InChI is InChI=1S/C17H15F3O2/c1-22-13-9-6-12(7-10-13)8-11-16(21)14-4-2-3-5-15(14)17(18,19)20/h2-7,9-10H,8,11H2,1H3. The van der Waals surface area contributed by atoms with Gasteiger partial charge in [0.25, 0.3) is 0 Å². The van der Waals surface area contributed by atoms with Crippen molar-refractivity contribution in [2.75, 3.05) is 7.11 Å². The minimum Gasteiger partial charge on any atom is -0.497 e.